The minimum Gasteiger partial charge on any atom is -0.406 e. The first-order chi connectivity index (χ1) is 11.9. The third-order valence-corrected chi connectivity index (χ3v) is 5.17. The number of nitrogens with zero attached hydrogens (tertiary/aromatic N) is 3. The van der Waals surface area contributed by atoms with Crippen LogP contribution >= 0.6 is 23.5 Å². The van der Waals surface area contributed by atoms with Gasteiger partial charge in [-0.15, -0.1) is 24.9 Å². The highest BCUT2D eigenvalue weighted by atomic mass is 32.2. The molecule has 0 amide bonds. The van der Waals surface area contributed by atoms with E-state index in [2.05, 4.69) is 9.72 Å². The van der Waals surface area contributed by atoms with Crippen LogP contribution in [0.15, 0.2) is 39.1 Å². The molecule has 0 atom stereocenters. The highest BCUT2D eigenvalue weighted by Gasteiger charge is 2.31. The van der Waals surface area contributed by atoms with Crippen molar-refractivity contribution in [3.05, 3.63) is 40.3 Å². The van der Waals surface area contributed by atoms with Gasteiger partial charge in [0, 0.05) is 12.2 Å². The molecule has 0 spiro atoms. The van der Waals surface area contributed by atoms with Crippen molar-refractivity contribution >= 4 is 23.5 Å². The average molecular weight is 385 g/mol. The smallest absolute Gasteiger partial charge is 0.406 e. The molecule has 5 nitrogen and oxygen atoms in total. The lowest BCUT2D eigenvalue weighted by Gasteiger charge is -2.14. The summed E-state index contributed by atoms with van der Waals surface area (Å²) in [4.78, 5) is 17.7. The van der Waals surface area contributed by atoms with Gasteiger partial charge in [0.25, 0.3) is 5.56 Å². The van der Waals surface area contributed by atoms with Crippen LogP contribution in [0.25, 0.3) is 5.69 Å². The molecule has 0 aliphatic carbocycles. The van der Waals surface area contributed by atoms with Crippen LogP contribution in [-0.2, 0) is 6.42 Å². The Bertz CT molecular complexity index is 889. The first-order valence-electron chi connectivity index (χ1n) is 7.04. The van der Waals surface area contributed by atoms with Crippen LogP contribution in [0.3, 0.4) is 0 Å². The summed E-state index contributed by atoms with van der Waals surface area (Å²) in [6.07, 6.45) is -4.10. The molecule has 1 aliphatic rings. The van der Waals surface area contributed by atoms with Crippen molar-refractivity contribution in [1.29, 1.82) is 5.26 Å². The van der Waals surface area contributed by atoms with E-state index in [1.807, 2.05) is 6.07 Å². The van der Waals surface area contributed by atoms with E-state index < -0.39 is 6.36 Å². The van der Waals surface area contributed by atoms with Gasteiger partial charge in [-0.2, -0.15) is 5.26 Å². The van der Waals surface area contributed by atoms with E-state index in [-0.39, 0.29) is 17.1 Å². The number of hydrogen-bond acceptors (Lipinski definition) is 6. The van der Waals surface area contributed by atoms with Crippen LogP contribution in [0.4, 0.5) is 13.2 Å². The number of thioether (sulfide) groups is 2. The van der Waals surface area contributed by atoms with Crippen LogP contribution in [0.2, 0.25) is 0 Å². The highest BCUT2D eigenvalue weighted by molar-refractivity contribution is 7.99. The van der Waals surface area contributed by atoms with Crippen molar-refractivity contribution < 1.29 is 17.9 Å². The second-order valence-corrected chi connectivity index (χ2v) is 6.95. The Balaban J connectivity index is 2.04. The summed E-state index contributed by atoms with van der Waals surface area (Å²) in [5.74, 6) is 0.481. The predicted octanol–water partition coefficient (Wildman–Crippen LogP) is 3.39. The molecule has 0 N–H and O–H groups in total. The molecule has 0 bridgehead atoms. The Morgan fingerprint density at radius 1 is 1.36 bits per heavy atom. The molecule has 130 valence electrons. The fourth-order valence-electron chi connectivity index (χ4n) is 2.31. The van der Waals surface area contributed by atoms with Crippen LogP contribution in [0, 0.1) is 11.3 Å². The molecule has 0 saturated heterocycles. The lowest BCUT2D eigenvalue weighted by molar-refractivity contribution is -0.274. The van der Waals surface area contributed by atoms with E-state index in [1.165, 1.54) is 28.5 Å². The standard InChI is InChI=1S/C15H10F3N3O2S2/c16-15(17,18)23-10-3-1-9(2-4-10)21-13(22)12-11(5-7-24-12)20-14(21)25-8-6-19/h1-4H,5,7-8H2. The Morgan fingerprint density at radius 3 is 2.72 bits per heavy atom. The third-order valence-electron chi connectivity index (χ3n) is 3.26. The molecule has 1 aromatic heterocycles. The summed E-state index contributed by atoms with van der Waals surface area (Å²) in [5.41, 5.74) is 0.781. The highest BCUT2D eigenvalue weighted by Crippen LogP contribution is 2.30. The maximum absolute atomic E-state index is 12.8. The van der Waals surface area contributed by atoms with E-state index in [4.69, 9.17) is 5.26 Å². The normalized spacial score (nSPS) is 13.4. The molecule has 0 unspecified atom stereocenters. The van der Waals surface area contributed by atoms with E-state index in [0.29, 0.717) is 27.9 Å². The molecule has 0 saturated carbocycles. The summed E-state index contributed by atoms with van der Waals surface area (Å²) >= 11 is 2.51. The lowest BCUT2D eigenvalue weighted by Crippen LogP contribution is -2.24. The van der Waals surface area contributed by atoms with Crippen molar-refractivity contribution in [2.45, 2.75) is 22.8 Å². The minimum atomic E-state index is -4.78. The number of aromatic nitrogens is 2. The molecule has 2 aromatic rings. The molecule has 0 fully saturated rings. The fraction of sp³-hybridized carbons (Fsp3) is 0.267. The second kappa shape index (κ2) is 7.01. The first-order valence-corrected chi connectivity index (χ1v) is 9.01. The van der Waals surface area contributed by atoms with Crippen molar-refractivity contribution in [2.24, 2.45) is 0 Å². The maximum atomic E-state index is 12.8. The fourth-order valence-corrected chi connectivity index (χ4v) is 4.02. The number of aryl methyl sites for hydroxylation is 1. The number of nitriles is 1. The van der Waals surface area contributed by atoms with E-state index in [9.17, 15) is 18.0 Å². The first kappa shape index (κ1) is 17.7. The van der Waals surface area contributed by atoms with Gasteiger partial charge in [0.05, 0.1) is 28.1 Å². The zero-order valence-electron chi connectivity index (χ0n) is 12.5. The van der Waals surface area contributed by atoms with Crippen LogP contribution in [0.1, 0.15) is 5.69 Å². The number of hydrogen-bond donors (Lipinski definition) is 0. The molecule has 10 heteroatoms. The summed E-state index contributed by atoms with van der Waals surface area (Å²) < 4.78 is 41.9. The SMILES string of the molecule is N#CCSc1nc2c(c(=O)n1-c1ccc(OC(F)(F)F)cc1)SCC2. The molecular formula is C15H10F3N3O2S2. The van der Waals surface area contributed by atoms with Gasteiger partial charge in [-0.05, 0) is 24.3 Å². The third kappa shape index (κ3) is 3.93. The van der Waals surface area contributed by atoms with Crippen molar-refractivity contribution in [2.75, 3.05) is 11.5 Å². The van der Waals surface area contributed by atoms with Gasteiger partial charge in [0.2, 0.25) is 0 Å². The number of rotatable bonds is 4. The Hall–Kier alpha value is -2.12. The molecular weight excluding hydrogens is 375 g/mol. The lowest BCUT2D eigenvalue weighted by atomic mass is 10.3. The second-order valence-electron chi connectivity index (χ2n) is 4.90. The summed E-state index contributed by atoms with van der Waals surface area (Å²) in [6, 6.07) is 6.95. The molecule has 2 heterocycles. The van der Waals surface area contributed by atoms with E-state index in [1.54, 1.807) is 0 Å². The minimum absolute atomic E-state index is 0.105. The van der Waals surface area contributed by atoms with Gasteiger partial charge >= 0.3 is 6.36 Å². The van der Waals surface area contributed by atoms with Gasteiger partial charge in [-0.3, -0.25) is 9.36 Å². The van der Waals surface area contributed by atoms with E-state index >= 15 is 0 Å². The Morgan fingerprint density at radius 2 is 2.08 bits per heavy atom. The molecule has 3 rings (SSSR count). The van der Waals surface area contributed by atoms with E-state index in [0.717, 1.165) is 29.6 Å². The van der Waals surface area contributed by atoms with Gasteiger partial charge in [-0.25, -0.2) is 4.98 Å². The van der Waals surface area contributed by atoms with Crippen LogP contribution in [-0.4, -0.2) is 27.4 Å². The van der Waals surface area contributed by atoms with Gasteiger partial charge in [0.15, 0.2) is 5.16 Å². The zero-order chi connectivity index (χ0) is 18.0. The molecule has 25 heavy (non-hydrogen) atoms. The number of benzene rings is 1. The van der Waals surface area contributed by atoms with Gasteiger partial charge < -0.3 is 4.74 Å². The number of alkyl halides is 3. The van der Waals surface area contributed by atoms with Crippen LogP contribution < -0.4 is 10.3 Å². The number of fused-ring (bicyclic) bond motifs is 1. The summed E-state index contributed by atoms with van der Waals surface area (Å²) in [7, 11) is 0. The van der Waals surface area contributed by atoms with Gasteiger partial charge in [0.1, 0.15) is 5.75 Å². The van der Waals surface area contributed by atoms with Gasteiger partial charge in [-0.1, -0.05) is 11.8 Å². The quantitative estimate of drug-likeness (QED) is 0.594. The largest absolute Gasteiger partial charge is 0.573 e. The molecule has 1 aliphatic heterocycles. The predicted molar refractivity (Wildman–Crippen MR) is 87.3 cm³/mol. The number of ether oxygens (including phenoxy) is 1. The topological polar surface area (TPSA) is 67.9 Å². The molecule has 0 radical (unpaired) electrons. The van der Waals surface area contributed by atoms with Crippen molar-refractivity contribution in [3.8, 4) is 17.5 Å². The van der Waals surface area contributed by atoms with Crippen LogP contribution in [0.5, 0.6) is 5.75 Å². The van der Waals surface area contributed by atoms with Crippen molar-refractivity contribution in [1.82, 2.24) is 9.55 Å². The van der Waals surface area contributed by atoms with Crippen molar-refractivity contribution in [3.63, 3.8) is 0 Å². The maximum Gasteiger partial charge on any atom is 0.573 e. The summed E-state index contributed by atoms with van der Waals surface area (Å²) in [6.45, 7) is 0. The summed E-state index contributed by atoms with van der Waals surface area (Å²) in [5, 5.41) is 9.13. The number of halogens is 3. The molecule has 1 aromatic carbocycles. The Kier molecular flexibility index (Phi) is 4.96. The zero-order valence-corrected chi connectivity index (χ0v) is 14.2. The average Bonchev–Trinajstić information content (AvgIpc) is 3.01. The monoisotopic (exact) mass is 385 g/mol. The Labute approximate surface area is 148 Å².